The highest BCUT2D eigenvalue weighted by Crippen LogP contribution is 2.35. The predicted octanol–water partition coefficient (Wildman–Crippen LogP) is 3.97. The second kappa shape index (κ2) is 6.93. The lowest BCUT2D eigenvalue weighted by atomic mass is 10.2. The molecule has 0 spiro atoms. The van der Waals surface area contributed by atoms with Gasteiger partial charge in [0.1, 0.15) is 4.83 Å². The van der Waals surface area contributed by atoms with Crippen molar-refractivity contribution < 1.29 is 4.79 Å². The molecule has 1 aliphatic carbocycles. The number of anilines is 1. The van der Waals surface area contributed by atoms with Gasteiger partial charge in [-0.05, 0) is 49.1 Å². The number of nitrogens with zero attached hydrogens (tertiary/aromatic N) is 1. The first-order chi connectivity index (χ1) is 12.1. The summed E-state index contributed by atoms with van der Waals surface area (Å²) in [4.78, 5) is 33.9. The normalized spacial score (nSPS) is 13.2. The number of aryl methyl sites for hydroxylation is 2. The summed E-state index contributed by atoms with van der Waals surface area (Å²) < 4.78 is 0.956. The Morgan fingerprint density at radius 2 is 2.12 bits per heavy atom. The van der Waals surface area contributed by atoms with Gasteiger partial charge in [0.25, 0.3) is 5.56 Å². The maximum Gasteiger partial charge on any atom is 0.260 e. The van der Waals surface area contributed by atoms with Crippen LogP contribution in [0, 0.1) is 0 Å². The van der Waals surface area contributed by atoms with Crippen molar-refractivity contribution in [2.24, 2.45) is 0 Å². The van der Waals surface area contributed by atoms with Gasteiger partial charge in [-0.15, -0.1) is 11.3 Å². The number of hydrogen-bond donors (Lipinski definition) is 2. The zero-order chi connectivity index (χ0) is 17.4. The molecule has 2 heterocycles. The van der Waals surface area contributed by atoms with Gasteiger partial charge in [-0.1, -0.05) is 27.7 Å². The van der Waals surface area contributed by atoms with Crippen LogP contribution in [0.1, 0.15) is 16.9 Å². The molecule has 0 bridgehead atoms. The minimum atomic E-state index is -0.135. The number of nitrogens with one attached hydrogen (secondary N) is 2. The fraction of sp³-hybridized carbons (Fsp3) is 0.235. The fourth-order valence-electron chi connectivity index (χ4n) is 2.92. The topological polar surface area (TPSA) is 74.8 Å². The number of thioether (sulfide) groups is 1. The van der Waals surface area contributed by atoms with Crippen molar-refractivity contribution in [3.8, 4) is 0 Å². The number of aromatic amines is 1. The number of aromatic nitrogens is 2. The van der Waals surface area contributed by atoms with E-state index in [0.717, 1.165) is 39.6 Å². The standard InChI is InChI=1S/C17H14BrN3O2S2/c18-9-4-6-10(7-5-9)19-13(22)8-24-17-20-15(23)14-11-2-1-3-12(11)25-16(14)21-17/h4-7H,1-3,8H2,(H,19,22)(H,20,21,23). The molecule has 1 aromatic carbocycles. The van der Waals surface area contributed by atoms with Crippen LogP contribution < -0.4 is 10.9 Å². The third-order valence-electron chi connectivity index (χ3n) is 4.02. The van der Waals surface area contributed by atoms with E-state index in [2.05, 4.69) is 31.2 Å². The number of carbonyl (C=O) groups is 1. The van der Waals surface area contributed by atoms with Crippen molar-refractivity contribution in [3.63, 3.8) is 0 Å². The summed E-state index contributed by atoms with van der Waals surface area (Å²) in [6, 6.07) is 7.38. The van der Waals surface area contributed by atoms with Gasteiger partial charge < -0.3 is 10.3 Å². The van der Waals surface area contributed by atoms with E-state index in [-0.39, 0.29) is 17.2 Å². The quantitative estimate of drug-likeness (QED) is 0.480. The molecular weight excluding hydrogens is 422 g/mol. The molecule has 2 aromatic heterocycles. The van der Waals surface area contributed by atoms with Crippen molar-refractivity contribution >= 4 is 60.8 Å². The number of H-pyrrole nitrogens is 1. The smallest absolute Gasteiger partial charge is 0.260 e. The first kappa shape index (κ1) is 16.8. The van der Waals surface area contributed by atoms with Gasteiger partial charge in [-0.2, -0.15) is 0 Å². The van der Waals surface area contributed by atoms with Crippen LogP contribution in [0.25, 0.3) is 10.2 Å². The van der Waals surface area contributed by atoms with Crippen molar-refractivity contribution in [2.45, 2.75) is 24.4 Å². The molecule has 25 heavy (non-hydrogen) atoms. The summed E-state index contributed by atoms with van der Waals surface area (Å²) in [5, 5.41) is 4.05. The Kier molecular flexibility index (Phi) is 4.66. The number of benzene rings is 1. The Bertz CT molecular complexity index is 1010. The average molecular weight is 436 g/mol. The number of hydrogen-bond acceptors (Lipinski definition) is 5. The molecule has 0 unspecified atom stereocenters. The summed E-state index contributed by atoms with van der Waals surface area (Å²) in [6.45, 7) is 0. The van der Waals surface area contributed by atoms with E-state index in [0.29, 0.717) is 5.16 Å². The molecule has 0 fully saturated rings. The van der Waals surface area contributed by atoms with Crippen LogP contribution in [-0.2, 0) is 17.6 Å². The van der Waals surface area contributed by atoms with E-state index in [1.165, 1.54) is 22.2 Å². The highest BCUT2D eigenvalue weighted by molar-refractivity contribution is 9.10. The van der Waals surface area contributed by atoms with Crippen molar-refractivity contribution in [2.75, 3.05) is 11.1 Å². The molecule has 4 rings (SSSR count). The molecular formula is C17H14BrN3O2S2. The number of amides is 1. The summed E-state index contributed by atoms with van der Waals surface area (Å²) in [5.41, 5.74) is 1.80. The van der Waals surface area contributed by atoms with Crippen molar-refractivity contribution in [1.29, 1.82) is 0 Å². The van der Waals surface area contributed by atoms with Gasteiger partial charge in [0, 0.05) is 15.0 Å². The number of carbonyl (C=O) groups excluding carboxylic acids is 1. The predicted molar refractivity (Wildman–Crippen MR) is 106 cm³/mol. The zero-order valence-corrected chi connectivity index (χ0v) is 16.3. The molecule has 0 aliphatic heterocycles. The average Bonchev–Trinajstić information content (AvgIpc) is 3.15. The third kappa shape index (κ3) is 3.51. The summed E-state index contributed by atoms with van der Waals surface area (Å²) in [5.74, 6) is 0.0547. The largest absolute Gasteiger partial charge is 0.325 e. The fourth-order valence-corrected chi connectivity index (χ4v) is 5.16. The summed E-state index contributed by atoms with van der Waals surface area (Å²) in [6.07, 6.45) is 3.11. The van der Waals surface area contributed by atoms with E-state index in [4.69, 9.17) is 0 Å². The van der Waals surface area contributed by atoms with Crippen molar-refractivity contribution in [1.82, 2.24) is 9.97 Å². The molecule has 3 aromatic rings. The minimum absolute atomic E-state index is 0.0970. The van der Waals surface area contributed by atoms with Gasteiger partial charge in [-0.25, -0.2) is 4.98 Å². The Morgan fingerprint density at radius 1 is 1.32 bits per heavy atom. The number of rotatable bonds is 4. The van der Waals surface area contributed by atoms with Crippen LogP contribution in [0.15, 0.2) is 38.7 Å². The van der Waals surface area contributed by atoms with Gasteiger partial charge >= 0.3 is 0 Å². The Balaban J connectivity index is 1.47. The molecule has 128 valence electrons. The van der Waals surface area contributed by atoms with Crippen LogP contribution in [0.5, 0.6) is 0 Å². The van der Waals surface area contributed by atoms with Gasteiger partial charge in [0.15, 0.2) is 5.16 Å². The molecule has 0 radical (unpaired) electrons. The SMILES string of the molecule is O=C(CSc1nc2sc3c(c2c(=O)[nH]1)CCC3)Nc1ccc(Br)cc1. The van der Waals surface area contributed by atoms with E-state index in [1.807, 2.05) is 24.3 Å². The molecule has 0 atom stereocenters. The lowest BCUT2D eigenvalue weighted by Crippen LogP contribution is -2.15. The Labute approximate surface area is 160 Å². The Hall–Kier alpha value is -1.64. The monoisotopic (exact) mass is 435 g/mol. The molecule has 2 N–H and O–H groups in total. The molecule has 1 aliphatic rings. The second-order valence-electron chi connectivity index (χ2n) is 5.75. The third-order valence-corrected chi connectivity index (χ3v) is 6.61. The van der Waals surface area contributed by atoms with Crippen LogP contribution >= 0.6 is 39.0 Å². The minimum Gasteiger partial charge on any atom is -0.325 e. The van der Waals surface area contributed by atoms with E-state index < -0.39 is 0 Å². The highest BCUT2D eigenvalue weighted by atomic mass is 79.9. The van der Waals surface area contributed by atoms with Crippen LogP contribution in [0.2, 0.25) is 0 Å². The molecule has 5 nitrogen and oxygen atoms in total. The van der Waals surface area contributed by atoms with E-state index >= 15 is 0 Å². The molecule has 0 saturated carbocycles. The molecule has 8 heteroatoms. The zero-order valence-electron chi connectivity index (χ0n) is 13.1. The first-order valence-electron chi connectivity index (χ1n) is 7.83. The summed E-state index contributed by atoms with van der Waals surface area (Å²) in [7, 11) is 0. The van der Waals surface area contributed by atoms with Crippen LogP contribution in [0.3, 0.4) is 0 Å². The highest BCUT2D eigenvalue weighted by Gasteiger charge is 2.21. The van der Waals surface area contributed by atoms with Crippen LogP contribution in [-0.4, -0.2) is 21.6 Å². The van der Waals surface area contributed by atoms with Gasteiger partial charge in [0.2, 0.25) is 5.91 Å². The van der Waals surface area contributed by atoms with Gasteiger partial charge in [0.05, 0.1) is 11.1 Å². The van der Waals surface area contributed by atoms with Crippen LogP contribution in [0.4, 0.5) is 5.69 Å². The number of halogens is 1. The van der Waals surface area contributed by atoms with Gasteiger partial charge in [-0.3, -0.25) is 9.59 Å². The molecule has 0 saturated heterocycles. The number of thiophene rings is 1. The Morgan fingerprint density at radius 3 is 2.92 bits per heavy atom. The first-order valence-corrected chi connectivity index (χ1v) is 10.4. The lowest BCUT2D eigenvalue weighted by molar-refractivity contribution is -0.113. The number of fused-ring (bicyclic) bond motifs is 3. The summed E-state index contributed by atoms with van der Waals surface area (Å²) >= 11 is 6.20. The van der Waals surface area contributed by atoms with Crippen molar-refractivity contribution in [3.05, 3.63) is 49.5 Å². The molecule has 1 amide bonds. The van der Waals surface area contributed by atoms with E-state index in [9.17, 15) is 9.59 Å². The maximum atomic E-state index is 12.4. The lowest BCUT2D eigenvalue weighted by Gasteiger charge is -2.05. The second-order valence-corrected chi connectivity index (χ2v) is 8.72. The maximum absolute atomic E-state index is 12.4. The van der Waals surface area contributed by atoms with E-state index in [1.54, 1.807) is 11.3 Å².